The molecular formula is C16H22N2S. The van der Waals surface area contributed by atoms with E-state index in [9.17, 15) is 0 Å². The van der Waals surface area contributed by atoms with E-state index in [0.29, 0.717) is 6.54 Å². The lowest BCUT2D eigenvalue weighted by Crippen LogP contribution is -2.15. The summed E-state index contributed by atoms with van der Waals surface area (Å²) in [7, 11) is 0. The second kappa shape index (κ2) is 7.43. The summed E-state index contributed by atoms with van der Waals surface area (Å²) in [6, 6.07) is 10.8. The number of hydrogen-bond donors (Lipinski definition) is 2. The second-order valence-corrected chi connectivity index (χ2v) is 5.63. The smallest absolute Gasteiger partial charge is 0.0305 e. The van der Waals surface area contributed by atoms with Crippen molar-refractivity contribution in [1.29, 1.82) is 0 Å². The molecule has 0 aliphatic carbocycles. The fourth-order valence-corrected chi connectivity index (χ4v) is 3.22. The lowest BCUT2D eigenvalue weighted by atomic mass is 10.0. The molecule has 1 heterocycles. The number of aryl methyl sites for hydroxylation is 1. The highest BCUT2D eigenvalue weighted by atomic mass is 32.1. The van der Waals surface area contributed by atoms with Crippen molar-refractivity contribution in [3.8, 4) is 0 Å². The minimum atomic E-state index is 0.710. The average molecular weight is 274 g/mol. The number of nitrogens with one attached hydrogen (secondary N) is 1. The molecule has 0 aliphatic heterocycles. The third-order valence-corrected chi connectivity index (χ3v) is 4.31. The molecule has 0 unspecified atom stereocenters. The Labute approximate surface area is 119 Å². The molecule has 0 spiro atoms. The van der Waals surface area contributed by atoms with Gasteiger partial charge in [0.1, 0.15) is 0 Å². The number of hydrogen-bond acceptors (Lipinski definition) is 3. The van der Waals surface area contributed by atoms with Crippen LogP contribution in [-0.4, -0.2) is 6.54 Å². The van der Waals surface area contributed by atoms with Crippen LogP contribution < -0.4 is 11.1 Å². The van der Waals surface area contributed by atoms with Gasteiger partial charge in [-0.15, -0.1) is 11.3 Å². The van der Waals surface area contributed by atoms with Gasteiger partial charge in [0, 0.05) is 18.0 Å². The molecule has 0 saturated carbocycles. The predicted molar refractivity (Wildman–Crippen MR) is 83.4 cm³/mol. The van der Waals surface area contributed by atoms with Gasteiger partial charge in [-0.2, -0.15) is 0 Å². The third kappa shape index (κ3) is 3.90. The number of nitrogens with two attached hydrogens (primary N) is 1. The summed E-state index contributed by atoms with van der Waals surface area (Å²) < 4.78 is 0. The van der Waals surface area contributed by atoms with E-state index in [1.807, 2.05) is 11.3 Å². The minimum Gasteiger partial charge on any atom is -0.330 e. The van der Waals surface area contributed by atoms with Gasteiger partial charge in [-0.05, 0) is 47.5 Å². The molecule has 2 nitrogen and oxygen atoms in total. The number of benzene rings is 1. The highest BCUT2D eigenvalue weighted by molar-refractivity contribution is 7.10. The molecule has 3 N–H and O–H groups in total. The standard InChI is InChI=1S/C16H22N2S/c1-2-13-8-10-19-16(13)12-18-11-15-6-4-3-5-14(15)7-9-17/h3-6,8,10,18H,2,7,9,11-12,17H2,1H3. The van der Waals surface area contributed by atoms with E-state index in [1.54, 1.807) is 0 Å². The average Bonchev–Trinajstić information content (AvgIpc) is 2.88. The van der Waals surface area contributed by atoms with Gasteiger partial charge in [-0.1, -0.05) is 31.2 Å². The highest BCUT2D eigenvalue weighted by Gasteiger charge is 2.03. The van der Waals surface area contributed by atoms with E-state index in [1.165, 1.54) is 21.6 Å². The third-order valence-electron chi connectivity index (χ3n) is 3.35. The number of rotatable bonds is 7. The van der Waals surface area contributed by atoms with Crippen LogP contribution in [0.4, 0.5) is 0 Å². The van der Waals surface area contributed by atoms with Crippen molar-refractivity contribution in [3.05, 3.63) is 57.3 Å². The van der Waals surface area contributed by atoms with Gasteiger partial charge in [0.05, 0.1) is 0 Å². The van der Waals surface area contributed by atoms with Crippen molar-refractivity contribution in [3.63, 3.8) is 0 Å². The fraction of sp³-hybridized carbons (Fsp3) is 0.375. The minimum absolute atomic E-state index is 0.710. The van der Waals surface area contributed by atoms with Crippen LogP contribution in [0.2, 0.25) is 0 Å². The normalized spacial score (nSPS) is 10.8. The first-order valence-corrected chi connectivity index (χ1v) is 7.76. The Kier molecular flexibility index (Phi) is 5.58. The SMILES string of the molecule is CCc1ccsc1CNCc1ccccc1CCN. The monoisotopic (exact) mass is 274 g/mol. The molecule has 0 fully saturated rings. The van der Waals surface area contributed by atoms with Gasteiger partial charge in [0.15, 0.2) is 0 Å². The molecule has 2 aromatic rings. The van der Waals surface area contributed by atoms with Crippen molar-refractivity contribution >= 4 is 11.3 Å². The van der Waals surface area contributed by atoms with E-state index in [4.69, 9.17) is 5.73 Å². The first-order chi connectivity index (χ1) is 9.35. The Morgan fingerprint density at radius 3 is 2.58 bits per heavy atom. The zero-order valence-corrected chi connectivity index (χ0v) is 12.3. The maximum atomic E-state index is 5.65. The maximum Gasteiger partial charge on any atom is 0.0305 e. The topological polar surface area (TPSA) is 38.0 Å². The molecule has 0 saturated heterocycles. The van der Waals surface area contributed by atoms with E-state index in [0.717, 1.165) is 25.9 Å². The molecule has 0 atom stereocenters. The van der Waals surface area contributed by atoms with Gasteiger partial charge in [0.25, 0.3) is 0 Å². The van der Waals surface area contributed by atoms with E-state index >= 15 is 0 Å². The summed E-state index contributed by atoms with van der Waals surface area (Å²) in [5.41, 5.74) is 9.84. The van der Waals surface area contributed by atoms with Gasteiger partial charge in [0.2, 0.25) is 0 Å². The van der Waals surface area contributed by atoms with E-state index in [2.05, 4.69) is 48.0 Å². The molecule has 1 aromatic heterocycles. The molecule has 1 aromatic carbocycles. The van der Waals surface area contributed by atoms with Crippen molar-refractivity contribution in [1.82, 2.24) is 5.32 Å². The summed E-state index contributed by atoms with van der Waals surface area (Å²) >= 11 is 1.84. The van der Waals surface area contributed by atoms with Crippen LogP contribution in [-0.2, 0) is 25.9 Å². The quantitative estimate of drug-likeness (QED) is 0.814. The van der Waals surface area contributed by atoms with Crippen molar-refractivity contribution in [2.24, 2.45) is 5.73 Å². The molecule has 0 aliphatic rings. The van der Waals surface area contributed by atoms with Crippen LogP contribution in [0.15, 0.2) is 35.7 Å². The largest absolute Gasteiger partial charge is 0.330 e. The Bertz CT molecular complexity index is 505. The second-order valence-electron chi connectivity index (χ2n) is 4.63. The Hall–Kier alpha value is -1.16. The van der Waals surface area contributed by atoms with Crippen LogP contribution in [0, 0.1) is 0 Å². The summed E-state index contributed by atoms with van der Waals surface area (Å²) in [5, 5.41) is 5.73. The maximum absolute atomic E-state index is 5.65. The molecule has 2 rings (SSSR count). The lowest BCUT2D eigenvalue weighted by Gasteiger charge is -2.10. The van der Waals surface area contributed by atoms with Gasteiger partial charge >= 0.3 is 0 Å². The van der Waals surface area contributed by atoms with Crippen molar-refractivity contribution in [2.75, 3.05) is 6.54 Å². The molecule has 0 bridgehead atoms. The zero-order valence-electron chi connectivity index (χ0n) is 11.5. The van der Waals surface area contributed by atoms with Crippen molar-refractivity contribution < 1.29 is 0 Å². The Morgan fingerprint density at radius 1 is 1.05 bits per heavy atom. The summed E-state index contributed by atoms with van der Waals surface area (Å²) in [6.07, 6.45) is 2.07. The van der Waals surface area contributed by atoms with E-state index < -0.39 is 0 Å². The number of thiophene rings is 1. The summed E-state index contributed by atoms with van der Waals surface area (Å²) in [5.74, 6) is 0. The van der Waals surface area contributed by atoms with E-state index in [-0.39, 0.29) is 0 Å². The summed E-state index contributed by atoms with van der Waals surface area (Å²) in [4.78, 5) is 1.46. The van der Waals surface area contributed by atoms with Crippen LogP contribution in [0.1, 0.15) is 28.5 Å². The highest BCUT2D eigenvalue weighted by Crippen LogP contribution is 2.17. The first-order valence-electron chi connectivity index (χ1n) is 6.88. The Balaban J connectivity index is 1.92. The fourth-order valence-electron chi connectivity index (χ4n) is 2.28. The lowest BCUT2D eigenvalue weighted by molar-refractivity contribution is 0.690. The zero-order chi connectivity index (χ0) is 13.5. The summed E-state index contributed by atoms with van der Waals surface area (Å²) in [6.45, 7) is 4.79. The van der Waals surface area contributed by atoms with Gasteiger partial charge in [-0.3, -0.25) is 0 Å². The van der Waals surface area contributed by atoms with Crippen LogP contribution in [0.5, 0.6) is 0 Å². The van der Waals surface area contributed by atoms with Gasteiger partial charge in [-0.25, -0.2) is 0 Å². The molecule has 0 amide bonds. The van der Waals surface area contributed by atoms with Gasteiger partial charge < -0.3 is 11.1 Å². The molecule has 19 heavy (non-hydrogen) atoms. The van der Waals surface area contributed by atoms with Crippen LogP contribution >= 0.6 is 11.3 Å². The Morgan fingerprint density at radius 2 is 1.84 bits per heavy atom. The van der Waals surface area contributed by atoms with Crippen LogP contribution in [0.25, 0.3) is 0 Å². The molecule has 102 valence electrons. The van der Waals surface area contributed by atoms with Crippen molar-refractivity contribution in [2.45, 2.75) is 32.9 Å². The first kappa shape index (κ1) is 14.3. The molecule has 3 heteroatoms. The predicted octanol–water partition coefficient (Wildman–Crippen LogP) is 3.10. The molecule has 0 radical (unpaired) electrons. The van der Waals surface area contributed by atoms with Crippen LogP contribution in [0.3, 0.4) is 0 Å². The molecular weight excluding hydrogens is 252 g/mol.